The molecule has 0 aliphatic heterocycles. The van der Waals surface area contributed by atoms with Crippen molar-refractivity contribution in [1.29, 1.82) is 0 Å². The zero-order valence-electron chi connectivity index (χ0n) is 12.8. The molecule has 0 aliphatic carbocycles. The predicted molar refractivity (Wildman–Crippen MR) is 92.5 cm³/mol. The monoisotopic (exact) mass is 368 g/mol. The van der Waals surface area contributed by atoms with Crippen LogP contribution in [-0.4, -0.2) is 28.9 Å². The second-order valence-electron chi connectivity index (χ2n) is 4.80. The maximum atomic E-state index is 12.1. The quantitative estimate of drug-likeness (QED) is 0.568. The Kier molecular flexibility index (Phi) is 5.54. The van der Waals surface area contributed by atoms with E-state index in [9.17, 15) is 15.0 Å². The third kappa shape index (κ3) is 3.90. The van der Waals surface area contributed by atoms with Crippen LogP contribution in [0.4, 0.5) is 0 Å². The summed E-state index contributed by atoms with van der Waals surface area (Å²) in [5.41, 5.74) is 2.86. The van der Waals surface area contributed by atoms with Gasteiger partial charge in [0.15, 0.2) is 0 Å². The number of hydrogen-bond donors (Lipinski definition) is 3. The molecular formula is C16H14Cl2N2O4. The highest BCUT2D eigenvalue weighted by Gasteiger charge is 2.14. The first-order valence-corrected chi connectivity index (χ1v) is 7.49. The van der Waals surface area contributed by atoms with Gasteiger partial charge in [-0.2, -0.15) is 5.10 Å². The highest BCUT2D eigenvalue weighted by atomic mass is 35.5. The molecular weight excluding hydrogens is 355 g/mol. The Bertz CT molecular complexity index is 822. The third-order valence-electron chi connectivity index (χ3n) is 3.19. The topological polar surface area (TPSA) is 91.2 Å². The molecule has 0 fully saturated rings. The number of aromatic hydroxyl groups is 2. The maximum absolute atomic E-state index is 12.1. The summed E-state index contributed by atoms with van der Waals surface area (Å²) in [7, 11) is 1.45. The van der Waals surface area contributed by atoms with Crippen LogP contribution in [-0.2, 0) is 0 Å². The number of methoxy groups -OCH3 is 1. The van der Waals surface area contributed by atoms with Crippen molar-refractivity contribution in [3.8, 4) is 17.2 Å². The summed E-state index contributed by atoms with van der Waals surface area (Å²) < 4.78 is 5.01. The normalized spacial score (nSPS) is 11.2. The molecule has 0 radical (unpaired) electrons. The van der Waals surface area contributed by atoms with Gasteiger partial charge >= 0.3 is 0 Å². The van der Waals surface area contributed by atoms with Crippen LogP contribution in [0.1, 0.15) is 22.8 Å². The second-order valence-corrected chi connectivity index (χ2v) is 5.65. The van der Waals surface area contributed by atoms with Crippen molar-refractivity contribution in [2.45, 2.75) is 6.92 Å². The van der Waals surface area contributed by atoms with Gasteiger partial charge < -0.3 is 14.9 Å². The van der Waals surface area contributed by atoms with Gasteiger partial charge in [0.25, 0.3) is 5.91 Å². The van der Waals surface area contributed by atoms with Crippen LogP contribution in [0.2, 0.25) is 10.0 Å². The van der Waals surface area contributed by atoms with Crippen molar-refractivity contribution in [1.82, 2.24) is 5.43 Å². The van der Waals surface area contributed by atoms with Gasteiger partial charge in [-0.15, -0.1) is 0 Å². The van der Waals surface area contributed by atoms with Gasteiger partial charge in [-0.1, -0.05) is 23.2 Å². The first-order chi connectivity index (χ1) is 11.3. The first-order valence-electron chi connectivity index (χ1n) is 6.73. The van der Waals surface area contributed by atoms with Crippen molar-refractivity contribution in [2.24, 2.45) is 5.10 Å². The van der Waals surface area contributed by atoms with E-state index < -0.39 is 5.91 Å². The number of halogens is 2. The molecule has 2 rings (SSSR count). The highest BCUT2D eigenvalue weighted by molar-refractivity contribution is 6.36. The molecule has 0 spiro atoms. The summed E-state index contributed by atoms with van der Waals surface area (Å²) in [6.07, 6.45) is 0. The number of carbonyl (C=O) groups is 1. The fraction of sp³-hybridized carbons (Fsp3) is 0.125. The number of benzene rings is 2. The minimum atomic E-state index is -0.640. The molecule has 0 unspecified atom stereocenters. The number of hydrogen-bond acceptors (Lipinski definition) is 5. The van der Waals surface area contributed by atoms with E-state index in [1.807, 2.05) is 0 Å². The van der Waals surface area contributed by atoms with E-state index in [0.29, 0.717) is 10.8 Å². The number of nitrogens with one attached hydrogen (secondary N) is 1. The molecule has 0 aliphatic rings. The Morgan fingerprint density at radius 2 is 1.88 bits per heavy atom. The van der Waals surface area contributed by atoms with Crippen LogP contribution in [0.15, 0.2) is 35.4 Å². The average Bonchev–Trinajstić information content (AvgIpc) is 2.56. The molecule has 2 aromatic carbocycles. The molecule has 3 N–H and O–H groups in total. The lowest BCUT2D eigenvalue weighted by Gasteiger charge is -2.08. The fourth-order valence-electron chi connectivity index (χ4n) is 1.92. The highest BCUT2D eigenvalue weighted by Crippen LogP contribution is 2.31. The summed E-state index contributed by atoms with van der Waals surface area (Å²) in [6, 6.07) is 7.10. The van der Waals surface area contributed by atoms with Gasteiger partial charge in [0.2, 0.25) is 0 Å². The van der Waals surface area contributed by atoms with E-state index in [1.165, 1.54) is 37.4 Å². The zero-order chi connectivity index (χ0) is 17.9. The van der Waals surface area contributed by atoms with Gasteiger partial charge in [0.05, 0.1) is 23.4 Å². The molecule has 8 heteroatoms. The van der Waals surface area contributed by atoms with E-state index >= 15 is 0 Å². The fourth-order valence-corrected chi connectivity index (χ4v) is 2.41. The van der Waals surface area contributed by atoms with Crippen molar-refractivity contribution >= 4 is 34.8 Å². The largest absolute Gasteiger partial charge is 0.507 e. The summed E-state index contributed by atoms with van der Waals surface area (Å²) >= 11 is 11.7. The van der Waals surface area contributed by atoms with E-state index in [0.717, 1.165) is 0 Å². The van der Waals surface area contributed by atoms with Crippen molar-refractivity contribution in [3.05, 3.63) is 51.5 Å². The van der Waals surface area contributed by atoms with Gasteiger partial charge in [0, 0.05) is 10.6 Å². The molecule has 24 heavy (non-hydrogen) atoms. The van der Waals surface area contributed by atoms with E-state index in [1.54, 1.807) is 6.92 Å². The molecule has 126 valence electrons. The lowest BCUT2D eigenvalue weighted by molar-refractivity contribution is 0.0951. The van der Waals surface area contributed by atoms with Crippen LogP contribution >= 0.6 is 23.2 Å². The molecule has 0 bridgehead atoms. The van der Waals surface area contributed by atoms with Crippen molar-refractivity contribution < 1.29 is 19.7 Å². The summed E-state index contributed by atoms with van der Waals surface area (Å²) in [5.74, 6) is -0.633. The number of phenols is 2. The molecule has 2 aromatic rings. The Morgan fingerprint density at radius 3 is 2.54 bits per heavy atom. The van der Waals surface area contributed by atoms with E-state index in [-0.39, 0.29) is 33.4 Å². The van der Waals surface area contributed by atoms with Gasteiger partial charge in [0.1, 0.15) is 17.2 Å². The Balaban J connectivity index is 2.26. The number of nitrogens with zero attached hydrogens (tertiary/aromatic N) is 1. The Hall–Kier alpha value is -2.44. The van der Waals surface area contributed by atoms with Crippen LogP contribution in [0, 0.1) is 0 Å². The smallest absolute Gasteiger partial charge is 0.275 e. The first kappa shape index (κ1) is 17.9. The number of phenolic OH excluding ortho intramolecular Hbond substituents is 2. The lowest BCUT2D eigenvalue weighted by atomic mass is 10.1. The minimum Gasteiger partial charge on any atom is -0.507 e. The average molecular weight is 369 g/mol. The number of rotatable bonds is 4. The molecule has 0 heterocycles. The van der Waals surface area contributed by atoms with E-state index in [2.05, 4.69) is 10.5 Å². The summed E-state index contributed by atoms with van der Waals surface area (Å²) in [4.78, 5) is 12.1. The molecule has 0 saturated heterocycles. The molecule has 0 atom stereocenters. The predicted octanol–water partition coefficient (Wildman–Crippen LogP) is 3.57. The van der Waals surface area contributed by atoms with Crippen molar-refractivity contribution in [2.75, 3.05) is 7.11 Å². The number of carbonyl (C=O) groups excluding carboxylic acids is 1. The number of hydrazone groups is 1. The maximum Gasteiger partial charge on any atom is 0.275 e. The Morgan fingerprint density at radius 1 is 1.17 bits per heavy atom. The van der Waals surface area contributed by atoms with Crippen LogP contribution < -0.4 is 10.2 Å². The molecule has 1 amide bonds. The van der Waals surface area contributed by atoms with Crippen LogP contribution in [0.5, 0.6) is 17.2 Å². The lowest BCUT2D eigenvalue weighted by Crippen LogP contribution is -2.19. The molecule has 0 saturated carbocycles. The standard InChI is InChI=1S/C16H14Cl2N2O4/c1-8(11-5-9(17)6-13(18)15(11)22)19-20-16(23)12-7-10(24-2)3-4-14(12)21/h3-7,21-22H,1-2H3,(H,20,23)/b19-8+. The molecule has 0 aromatic heterocycles. The van der Waals surface area contributed by atoms with Gasteiger partial charge in [-0.25, -0.2) is 5.43 Å². The third-order valence-corrected chi connectivity index (χ3v) is 3.70. The number of ether oxygens (including phenoxy) is 1. The minimum absolute atomic E-state index is 0.000696. The van der Waals surface area contributed by atoms with Crippen LogP contribution in [0.3, 0.4) is 0 Å². The van der Waals surface area contributed by atoms with E-state index in [4.69, 9.17) is 27.9 Å². The SMILES string of the molecule is COc1ccc(O)c(C(=O)N/N=C(\C)c2cc(Cl)cc(Cl)c2O)c1. The summed E-state index contributed by atoms with van der Waals surface area (Å²) in [6.45, 7) is 1.56. The van der Waals surface area contributed by atoms with Gasteiger partial charge in [-0.3, -0.25) is 4.79 Å². The number of amides is 1. The van der Waals surface area contributed by atoms with Crippen LogP contribution in [0.25, 0.3) is 0 Å². The zero-order valence-corrected chi connectivity index (χ0v) is 14.3. The second kappa shape index (κ2) is 7.42. The Labute approximate surface area is 148 Å². The van der Waals surface area contributed by atoms with Gasteiger partial charge in [-0.05, 0) is 37.3 Å². The summed E-state index contributed by atoms with van der Waals surface area (Å²) in [5, 5.41) is 24.0. The molecule has 6 nitrogen and oxygen atoms in total. The van der Waals surface area contributed by atoms with Crippen molar-refractivity contribution in [3.63, 3.8) is 0 Å².